The van der Waals surface area contributed by atoms with Crippen molar-refractivity contribution in [3.8, 4) is 5.75 Å². The lowest BCUT2D eigenvalue weighted by atomic mass is 9.85. The number of hydrogen-bond donors (Lipinski definition) is 1. The molecule has 1 aromatic heterocycles. The van der Waals surface area contributed by atoms with E-state index in [1.54, 1.807) is 17.4 Å². The van der Waals surface area contributed by atoms with Gasteiger partial charge in [0, 0.05) is 26.1 Å². The number of ketones is 1. The third-order valence-electron chi connectivity index (χ3n) is 7.51. The summed E-state index contributed by atoms with van der Waals surface area (Å²) in [6.45, 7) is 3.69. The van der Waals surface area contributed by atoms with Crippen LogP contribution in [0.5, 0.6) is 5.75 Å². The van der Waals surface area contributed by atoms with Crippen LogP contribution in [0.25, 0.3) is 10.1 Å². The van der Waals surface area contributed by atoms with Crippen molar-refractivity contribution in [2.75, 3.05) is 19.6 Å². The zero-order valence-electron chi connectivity index (χ0n) is 19.5. The van der Waals surface area contributed by atoms with Gasteiger partial charge in [-0.05, 0) is 87.8 Å². The largest absolute Gasteiger partial charge is 0.508 e. The monoisotopic (exact) mass is 461 g/mol. The second kappa shape index (κ2) is 10.4. The number of phenols is 1. The molecule has 0 amide bonds. The van der Waals surface area contributed by atoms with Gasteiger partial charge in [-0.2, -0.15) is 0 Å². The van der Waals surface area contributed by atoms with Gasteiger partial charge in [0.15, 0.2) is 5.78 Å². The van der Waals surface area contributed by atoms with Gasteiger partial charge in [-0.15, -0.1) is 11.3 Å². The van der Waals surface area contributed by atoms with Gasteiger partial charge < -0.3 is 10.0 Å². The number of nitrogens with zero attached hydrogens (tertiary/aromatic N) is 1. The molecule has 1 aliphatic heterocycles. The normalized spacial score (nSPS) is 18.1. The maximum Gasteiger partial charge on any atom is 0.194 e. The lowest BCUT2D eigenvalue weighted by Gasteiger charge is -2.26. The highest BCUT2D eigenvalue weighted by molar-refractivity contribution is 7.19. The SMILES string of the molecule is O=C(c1ccc(CCCN2CCCCC2)cc1)c1c(C2CCCCC2)sc2cc(O)ccc12. The summed E-state index contributed by atoms with van der Waals surface area (Å²) in [4.78, 5) is 17.6. The average molecular weight is 462 g/mol. The summed E-state index contributed by atoms with van der Waals surface area (Å²) < 4.78 is 1.02. The van der Waals surface area contributed by atoms with Crippen LogP contribution < -0.4 is 0 Å². The fourth-order valence-corrected chi connectivity index (χ4v) is 7.05. The Bertz CT molecular complexity index is 1090. The number of rotatable bonds is 7. The first-order valence-corrected chi connectivity index (χ1v) is 13.6. The van der Waals surface area contributed by atoms with Gasteiger partial charge in [0.1, 0.15) is 5.75 Å². The first kappa shape index (κ1) is 22.6. The zero-order valence-corrected chi connectivity index (χ0v) is 20.3. The molecule has 2 fully saturated rings. The molecule has 0 bridgehead atoms. The Morgan fingerprint density at radius 1 is 0.939 bits per heavy atom. The Hall–Kier alpha value is -2.17. The number of aromatic hydroxyl groups is 1. The summed E-state index contributed by atoms with van der Waals surface area (Å²) in [6.07, 6.45) is 12.4. The summed E-state index contributed by atoms with van der Waals surface area (Å²) in [5.41, 5.74) is 2.97. The molecule has 2 aliphatic rings. The minimum atomic E-state index is 0.132. The molecule has 0 radical (unpaired) electrons. The molecule has 33 heavy (non-hydrogen) atoms. The van der Waals surface area contributed by atoms with Crippen molar-refractivity contribution in [2.45, 2.75) is 70.1 Å². The number of phenolic OH excluding ortho intramolecular Hbond substituents is 1. The molecular formula is C29H35NO2S. The van der Waals surface area contributed by atoms with Crippen molar-refractivity contribution < 1.29 is 9.90 Å². The van der Waals surface area contributed by atoms with Gasteiger partial charge in [0.2, 0.25) is 0 Å². The summed E-state index contributed by atoms with van der Waals surface area (Å²) in [7, 11) is 0. The molecule has 3 aromatic rings. The van der Waals surface area contributed by atoms with Crippen LogP contribution >= 0.6 is 11.3 Å². The van der Waals surface area contributed by atoms with Crippen LogP contribution in [0.2, 0.25) is 0 Å². The number of fused-ring (bicyclic) bond motifs is 1. The Labute approximate surface area is 201 Å². The number of thiophene rings is 1. The molecule has 174 valence electrons. The van der Waals surface area contributed by atoms with E-state index in [1.807, 2.05) is 24.3 Å². The lowest BCUT2D eigenvalue weighted by Crippen LogP contribution is -2.30. The van der Waals surface area contributed by atoms with Gasteiger partial charge in [-0.1, -0.05) is 49.9 Å². The van der Waals surface area contributed by atoms with Crippen molar-refractivity contribution in [3.05, 3.63) is 64.0 Å². The number of carbonyl (C=O) groups excluding carboxylic acids is 1. The van der Waals surface area contributed by atoms with Crippen LogP contribution in [0.1, 0.15) is 90.1 Å². The van der Waals surface area contributed by atoms with E-state index in [4.69, 9.17) is 0 Å². The third-order valence-corrected chi connectivity index (χ3v) is 8.82. The van der Waals surface area contributed by atoms with Gasteiger partial charge in [0.05, 0.1) is 0 Å². The van der Waals surface area contributed by atoms with Gasteiger partial charge >= 0.3 is 0 Å². The second-order valence-electron chi connectivity index (χ2n) is 9.89. The number of carbonyl (C=O) groups is 1. The smallest absolute Gasteiger partial charge is 0.194 e. The molecule has 2 heterocycles. The van der Waals surface area contributed by atoms with E-state index in [0.29, 0.717) is 5.92 Å². The Kier molecular flexibility index (Phi) is 7.13. The van der Waals surface area contributed by atoms with E-state index in [9.17, 15) is 9.90 Å². The van der Waals surface area contributed by atoms with E-state index in [-0.39, 0.29) is 11.5 Å². The zero-order chi connectivity index (χ0) is 22.6. The number of aryl methyl sites for hydroxylation is 1. The number of hydrogen-bond acceptors (Lipinski definition) is 4. The van der Waals surface area contributed by atoms with Crippen molar-refractivity contribution >= 4 is 27.2 Å². The lowest BCUT2D eigenvalue weighted by molar-refractivity contribution is 0.103. The molecular weight excluding hydrogens is 426 g/mol. The van der Waals surface area contributed by atoms with Crippen LogP contribution in [0.3, 0.4) is 0 Å². The Morgan fingerprint density at radius 2 is 1.67 bits per heavy atom. The van der Waals surface area contributed by atoms with Crippen molar-refractivity contribution in [1.82, 2.24) is 4.90 Å². The first-order chi connectivity index (χ1) is 16.2. The predicted molar refractivity (Wildman–Crippen MR) is 138 cm³/mol. The van der Waals surface area contributed by atoms with E-state index in [1.165, 1.54) is 75.0 Å². The molecule has 1 saturated carbocycles. The number of benzene rings is 2. The van der Waals surface area contributed by atoms with Gasteiger partial charge in [0.25, 0.3) is 0 Å². The highest BCUT2D eigenvalue weighted by Gasteiger charge is 2.27. The Balaban J connectivity index is 1.34. The molecule has 2 aromatic carbocycles. The third kappa shape index (κ3) is 5.17. The summed E-state index contributed by atoms with van der Waals surface area (Å²) in [5, 5.41) is 11.0. The van der Waals surface area contributed by atoms with Gasteiger partial charge in [-0.25, -0.2) is 0 Å². The molecule has 1 N–H and O–H groups in total. The average Bonchev–Trinajstić information content (AvgIpc) is 3.24. The van der Waals surface area contributed by atoms with Crippen LogP contribution in [0.15, 0.2) is 42.5 Å². The topological polar surface area (TPSA) is 40.5 Å². The minimum Gasteiger partial charge on any atom is -0.508 e. The van der Waals surface area contributed by atoms with Crippen molar-refractivity contribution in [1.29, 1.82) is 0 Å². The number of piperidine rings is 1. The maximum absolute atomic E-state index is 13.7. The predicted octanol–water partition coefficient (Wildman–Crippen LogP) is 7.30. The van der Waals surface area contributed by atoms with Crippen LogP contribution in [0.4, 0.5) is 0 Å². The van der Waals surface area contributed by atoms with E-state index >= 15 is 0 Å². The summed E-state index contributed by atoms with van der Waals surface area (Å²) in [5.74, 6) is 0.866. The Morgan fingerprint density at radius 3 is 2.42 bits per heavy atom. The van der Waals surface area contributed by atoms with Crippen LogP contribution in [-0.2, 0) is 6.42 Å². The fourth-order valence-electron chi connectivity index (χ4n) is 5.65. The van der Waals surface area contributed by atoms with E-state index in [2.05, 4.69) is 17.0 Å². The summed E-state index contributed by atoms with van der Waals surface area (Å²) >= 11 is 1.71. The van der Waals surface area contributed by atoms with Crippen LogP contribution in [-0.4, -0.2) is 35.4 Å². The first-order valence-electron chi connectivity index (χ1n) is 12.8. The molecule has 3 nitrogen and oxygen atoms in total. The quantitative estimate of drug-likeness (QED) is 0.375. The minimum absolute atomic E-state index is 0.132. The molecule has 1 saturated heterocycles. The molecule has 0 unspecified atom stereocenters. The molecule has 5 rings (SSSR count). The van der Waals surface area contributed by atoms with Crippen LogP contribution in [0, 0.1) is 0 Å². The fraction of sp³-hybridized carbons (Fsp3) is 0.483. The second-order valence-corrected chi connectivity index (χ2v) is 11.0. The summed E-state index contributed by atoms with van der Waals surface area (Å²) in [6, 6.07) is 13.8. The molecule has 4 heteroatoms. The number of likely N-dealkylation sites (tertiary alicyclic amines) is 1. The van der Waals surface area contributed by atoms with Crippen molar-refractivity contribution in [3.63, 3.8) is 0 Å². The maximum atomic E-state index is 13.7. The highest BCUT2D eigenvalue weighted by Crippen LogP contribution is 2.43. The molecule has 0 spiro atoms. The molecule has 1 aliphatic carbocycles. The van der Waals surface area contributed by atoms with Crippen molar-refractivity contribution in [2.24, 2.45) is 0 Å². The van der Waals surface area contributed by atoms with E-state index in [0.717, 1.165) is 40.5 Å². The standard InChI is InChI=1S/C29H35NO2S/c31-24-15-16-25-26(20-24)33-29(23-9-3-1-4-10-23)27(25)28(32)22-13-11-21(12-14-22)8-7-19-30-17-5-2-6-18-30/h11-16,20,23,31H,1-10,17-19H2. The molecule has 0 atom stereocenters. The van der Waals surface area contributed by atoms with Gasteiger partial charge in [-0.3, -0.25) is 4.79 Å². The van der Waals surface area contributed by atoms with E-state index < -0.39 is 0 Å². The highest BCUT2D eigenvalue weighted by atomic mass is 32.1.